The lowest BCUT2D eigenvalue weighted by molar-refractivity contribution is -0.145. The summed E-state index contributed by atoms with van der Waals surface area (Å²) in [6.45, 7) is 6.25. The van der Waals surface area contributed by atoms with Crippen LogP contribution in [0.4, 0.5) is 13.2 Å². The van der Waals surface area contributed by atoms with Crippen LogP contribution in [0, 0.1) is 11.8 Å². The Kier molecular flexibility index (Phi) is 15.0. The number of rotatable bonds is 5. The van der Waals surface area contributed by atoms with Gasteiger partial charge in [-0.1, -0.05) is 36.7 Å². The van der Waals surface area contributed by atoms with Crippen LogP contribution in [-0.4, -0.2) is 47.3 Å². The number of aliphatic carboxylic acids is 1. The summed E-state index contributed by atoms with van der Waals surface area (Å²) in [5, 5.41) is 11.1. The van der Waals surface area contributed by atoms with Crippen LogP contribution in [0.25, 0.3) is 0 Å². The summed E-state index contributed by atoms with van der Waals surface area (Å²) in [7, 11) is 0. The molecule has 2 saturated carbocycles. The van der Waals surface area contributed by atoms with Crippen molar-refractivity contribution < 1.29 is 42.2 Å². The number of carboxylic acid groups (broad SMARTS) is 1. The second-order valence-electron chi connectivity index (χ2n) is 5.37. The molecule has 4 unspecified atom stereocenters. The standard InChI is InChI=1S/C6H8ClFO2.C4H5FO2.C4H6N2O2.C2H2ClF/c1-2-10-5(9)4-3-6(4,7)8;5-3-1-2(3)4(6)7;1-2-4(8)6-5-3-7;1-2(3)4/h4H,2-3H2,1H3;2-3H,1H2,(H,6,7);3H,2H2,1H3;1H2. The zero-order valence-corrected chi connectivity index (χ0v) is 17.1. The third-order valence-corrected chi connectivity index (χ3v) is 3.36. The molecule has 0 radical (unpaired) electrons. The van der Waals surface area contributed by atoms with E-state index in [0.29, 0.717) is 0 Å². The lowest BCUT2D eigenvalue weighted by Crippen LogP contribution is -2.10. The van der Waals surface area contributed by atoms with Gasteiger partial charge in [-0.05, 0) is 13.3 Å². The number of alkyl halides is 3. The van der Waals surface area contributed by atoms with Gasteiger partial charge in [0.15, 0.2) is 10.4 Å². The molecule has 13 heteroatoms. The maximum absolute atomic E-state index is 12.5. The van der Waals surface area contributed by atoms with Crippen LogP contribution in [0.2, 0.25) is 0 Å². The number of azo groups is 1. The van der Waals surface area contributed by atoms with Crippen LogP contribution in [0.3, 0.4) is 0 Å². The van der Waals surface area contributed by atoms with Crippen molar-refractivity contribution in [3.05, 3.63) is 11.9 Å². The van der Waals surface area contributed by atoms with Crippen molar-refractivity contribution in [1.82, 2.24) is 0 Å². The SMILES string of the molecule is C=C(F)Cl.CCC(=O)N=NC=O.CCOC(=O)C1CC1(F)Cl.O=C(O)C1CC1F. The van der Waals surface area contributed by atoms with Gasteiger partial charge in [0, 0.05) is 12.8 Å². The van der Waals surface area contributed by atoms with E-state index < -0.39 is 40.4 Å². The van der Waals surface area contributed by atoms with Gasteiger partial charge >= 0.3 is 11.9 Å². The van der Waals surface area contributed by atoms with Gasteiger partial charge in [0.05, 0.1) is 12.5 Å². The summed E-state index contributed by atoms with van der Waals surface area (Å²) in [4.78, 5) is 40.0. The molecule has 2 rings (SSSR count). The van der Waals surface area contributed by atoms with Gasteiger partial charge in [-0.15, -0.1) is 10.2 Å². The zero-order valence-electron chi connectivity index (χ0n) is 15.6. The third kappa shape index (κ3) is 16.6. The van der Waals surface area contributed by atoms with Gasteiger partial charge in [-0.2, -0.15) is 4.39 Å². The molecule has 0 aromatic rings. The molecular weight excluding hydrogens is 444 g/mol. The maximum Gasteiger partial charge on any atom is 0.313 e. The molecule has 8 nitrogen and oxygen atoms in total. The van der Waals surface area contributed by atoms with Crippen molar-refractivity contribution >= 4 is 47.5 Å². The summed E-state index contributed by atoms with van der Waals surface area (Å²) in [6.07, 6.45) is -0.231. The molecule has 0 aromatic heterocycles. The summed E-state index contributed by atoms with van der Waals surface area (Å²) < 4.78 is 39.3. The Morgan fingerprint density at radius 1 is 1.38 bits per heavy atom. The van der Waals surface area contributed by atoms with Crippen LogP contribution < -0.4 is 0 Å². The van der Waals surface area contributed by atoms with Gasteiger partial charge in [0.25, 0.3) is 12.3 Å². The molecule has 2 amide bonds. The normalized spacial score (nSPS) is 25.6. The highest BCUT2D eigenvalue weighted by Gasteiger charge is 2.59. The second kappa shape index (κ2) is 14.9. The molecular formula is C16H21Cl2F3N2O6. The number of carbonyl (C=O) groups excluding carboxylic acids is 3. The van der Waals surface area contributed by atoms with Crippen molar-refractivity contribution in [2.45, 2.75) is 44.4 Å². The van der Waals surface area contributed by atoms with Crippen molar-refractivity contribution in [3.63, 3.8) is 0 Å². The molecule has 0 aliphatic heterocycles. The Morgan fingerprint density at radius 3 is 2.03 bits per heavy atom. The van der Waals surface area contributed by atoms with Crippen LogP contribution in [0.15, 0.2) is 22.1 Å². The number of halogens is 5. The Morgan fingerprint density at radius 2 is 1.83 bits per heavy atom. The first kappa shape index (κ1) is 29.2. The Labute approximate surface area is 175 Å². The first-order valence-corrected chi connectivity index (χ1v) is 8.88. The fraction of sp³-hybridized carbons (Fsp3) is 0.625. The van der Waals surface area contributed by atoms with Gasteiger partial charge in [0.2, 0.25) is 0 Å². The number of carbonyl (C=O) groups is 4. The number of ether oxygens (including phenoxy) is 1. The summed E-state index contributed by atoms with van der Waals surface area (Å²) >= 11 is 9.58. The fourth-order valence-electron chi connectivity index (χ4n) is 1.29. The van der Waals surface area contributed by atoms with E-state index in [9.17, 15) is 32.3 Å². The number of esters is 1. The summed E-state index contributed by atoms with van der Waals surface area (Å²) in [5.41, 5.74) is 0. The van der Waals surface area contributed by atoms with Gasteiger partial charge in [-0.3, -0.25) is 19.2 Å². The van der Waals surface area contributed by atoms with E-state index >= 15 is 0 Å². The van der Waals surface area contributed by atoms with Crippen LogP contribution >= 0.6 is 23.2 Å². The lowest BCUT2D eigenvalue weighted by Gasteiger charge is -1.98. The van der Waals surface area contributed by atoms with E-state index in [1.54, 1.807) is 13.8 Å². The van der Waals surface area contributed by atoms with Gasteiger partial charge in [0.1, 0.15) is 12.1 Å². The minimum absolute atomic E-state index is 0.0907. The minimum Gasteiger partial charge on any atom is -0.481 e. The van der Waals surface area contributed by atoms with Crippen LogP contribution in [0.1, 0.15) is 33.1 Å². The molecule has 2 aliphatic rings. The number of amides is 2. The van der Waals surface area contributed by atoms with E-state index in [1.807, 2.05) is 0 Å². The number of nitrogens with zero attached hydrogens (tertiary/aromatic N) is 2. The second-order valence-corrected chi connectivity index (χ2v) is 6.41. The molecule has 0 bridgehead atoms. The van der Waals surface area contributed by atoms with Crippen molar-refractivity contribution in [3.8, 4) is 0 Å². The third-order valence-electron chi connectivity index (χ3n) is 2.95. The minimum atomic E-state index is -1.81. The highest BCUT2D eigenvalue weighted by atomic mass is 35.5. The molecule has 1 N–H and O–H groups in total. The maximum atomic E-state index is 12.5. The molecule has 0 saturated heterocycles. The molecule has 2 aliphatic carbocycles. The highest BCUT2D eigenvalue weighted by Crippen LogP contribution is 2.51. The first-order valence-electron chi connectivity index (χ1n) is 8.12. The number of carboxylic acids is 1. The van der Waals surface area contributed by atoms with Crippen LogP contribution in [0.5, 0.6) is 0 Å². The predicted molar refractivity (Wildman–Crippen MR) is 97.4 cm³/mol. The Balaban J connectivity index is 0. The quantitative estimate of drug-likeness (QED) is 0.282. The molecule has 0 spiro atoms. The van der Waals surface area contributed by atoms with E-state index in [0.717, 1.165) is 0 Å². The molecule has 29 heavy (non-hydrogen) atoms. The van der Waals surface area contributed by atoms with Crippen molar-refractivity contribution in [2.24, 2.45) is 22.1 Å². The zero-order chi connectivity index (χ0) is 23.2. The monoisotopic (exact) mass is 464 g/mol. The molecule has 0 aromatic carbocycles. The molecule has 4 atom stereocenters. The highest BCUT2D eigenvalue weighted by molar-refractivity contribution is 6.27. The van der Waals surface area contributed by atoms with Crippen molar-refractivity contribution in [1.29, 1.82) is 0 Å². The van der Waals surface area contributed by atoms with E-state index in [2.05, 4.69) is 33.1 Å². The molecule has 0 heterocycles. The average molecular weight is 465 g/mol. The predicted octanol–water partition coefficient (Wildman–Crippen LogP) is 4.10. The number of hydrogen-bond donors (Lipinski definition) is 1. The van der Waals surface area contributed by atoms with E-state index in [1.165, 1.54) is 0 Å². The average Bonchev–Trinajstić information content (AvgIpc) is 3.50. The molecule has 2 fully saturated rings. The summed E-state index contributed by atoms with van der Waals surface area (Å²) in [5.74, 6) is -3.32. The Bertz CT molecular complexity index is 615. The molecule has 166 valence electrons. The topological polar surface area (TPSA) is 122 Å². The number of hydrogen-bond acceptors (Lipinski definition) is 5. The fourth-order valence-corrected chi connectivity index (χ4v) is 1.53. The largest absolute Gasteiger partial charge is 0.481 e. The lowest BCUT2D eigenvalue weighted by atomic mass is 10.4. The Hall–Kier alpha value is -2.01. The van der Waals surface area contributed by atoms with E-state index in [-0.39, 0.29) is 38.2 Å². The van der Waals surface area contributed by atoms with Crippen molar-refractivity contribution in [2.75, 3.05) is 6.61 Å². The van der Waals surface area contributed by atoms with Gasteiger partial charge in [-0.25, -0.2) is 8.78 Å². The summed E-state index contributed by atoms with van der Waals surface area (Å²) in [6, 6.07) is 0. The van der Waals surface area contributed by atoms with E-state index in [4.69, 9.17) is 16.7 Å². The smallest absolute Gasteiger partial charge is 0.313 e. The van der Waals surface area contributed by atoms with Gasteiger partial charge < -0.3 is 9.84 Å². The first-order chi connectivity index (χ1) is 13.3. The van der Waals surface area contributed by atoms with Crippen LogP contribution in [-0.2, 0) is 23.9 Å².